The lowest BCUT2D eigenvalue weighted by atomic mass is 10.1. The number of hydrogen-bond acceptors (Lipinski definition) is 4. The third kappa shape index (κ3) is 6.32. The van der Waals surface area contributed by atoms with E-state index in [1.807, 2.05) is 31.2 Å². The molecule has 2 rings (SSSR count). The van der Waals surface area contributed by atoms with Gasteiger partial charge >= 0.3 is 5.97 Å². The van der Waals surface area contributed by atoms with Crippen molar-refractivity contribution >= 4 is 23.6 Å². The summed E-state index contributed by atoms with van der Waals surface area (Å²) in [7, 11) is 1.64. The van der Waals surface area contributed by atoms with Crippen LogP contribution in [0.1, 0.15) is 36.2 Å². The number of aliphatic carboxylic acids is 1. The molecular formula is C21H25NO4S. The van der Waals surface area contributed by atoms with E-state index in [-0.39, 0.29) is 11.9 Å². The minimum Gasteiger partial charge on any atom is -0.497 e. The lowest BCUT2D eigenvalue weighted by molar-refractivity contribution is -0.136. The molecule has 27 heavy (non-hydrogen) atoms. The molecule has 2 aromatic carbocycles. The van der Waals surface area contributed by atoms with E-state index in [1.165, 1.54) is 17.3 Å². The van der Waals surface area contributed by atoms with Crippen molar-refractivity contribution in [1.82, 2.24) is 5.32 Å². The fourth-order valence-corrected chi connectivity index (χ4v) is 3.47. The Bertz CT molecular complexity index is 776. The van der Waals surface area contributed by atoms with Crippen LogP contribution in [-0.2, 0) is 11.2 Å². The summed E-state index contributed by atoms with van der Waals surface area (Å²) in [6.07, 6.45) is 1.65. The van der Waals surface area contributed by atoms with Gasteiger partial charge in [-0.25, -0.2) is 0 Å². The molecule has 0 aliphatic heterocycles. The zero-order chi connectivity index (χ0) is 19.8. The van der Waals surface area contributed by atoms with Crippen LogP contribution in [-0.4, -0.2) is 35.4 Å². The van der Waals surface area contributed by atoms with Gasteiger partial charge in [-0.05, 0) is 56.5 Å². The minimum atomic E-state index is -0.900. The molecule has 2 N–H and O–H groups in total. The maximum absolute atomic E-state index is 12.6. The second-order valence-electron chi connectivity index (χ2n) is 6.36. The molecule has 6 heteroatoms. The first-order valence-electron chi connectivity index (χ1n) is 8.83. The highest BCUT2D eigenvalue weighted by atomic mass is 32.2. The van der Waals surface area contributed by atoms with E-state index in [4.69, 9.17) is 9.84 Å². The molecule has 0 radical (unpaired) electrons. The quantitative estimate of drug-likeness (QED) is 0.636. The monoisotopic (exact) mass is 387 g/mol. The lowest BCUT2D eigenvalue weighted by Gasteiger charge is -2.16. The number of aryl methyl sites for hydroxylation is 1. The Morgan fingerprint density at radius 3 is 2.41 bits per heavy atom. The molecular weight excluding hydrogens is 362 g/mol. The molecule has 144 valence electrons. The third-order valence-electron chi connectivity index (χ3n) is 4.19. The molecule has 0 aliphatic rings. The Morgan fingerprint density at radius 2 is 1.78 bits per heavy atom. The summed E-state index contributed by atoms with van der Waals surface area (Å²) in [4.78, 5) is 24.4. The first kappa shape index (κ1) is 20.8. The molecule has 0 spiro atoms. The highest BCUT2D eigenvalue weighted by Crippen LogP contribution is 2.27. The summed E-state index contributed by atoms with van der Waals surface area (Å²) in [6.45, 7) is 3.58. The number of carbonyl (C=O) groups excluding carboxylic acids is 1. The molecule has 2 aromatic rings. The molecule has 5 nitrogen and oxygen atoms in total. The second-order valence-corrected chi connectivity index (χ2v) is 7.74. The van der Waals surface area contributed by atoms with Gasteiger partial charge in [0, 0.05) is 10.9 Å². The van der Waals surface area contributed by atoms with E-state index in [9.17, 15) is 9.59 Å². The predicted octanol–water partition coefficient (Wildman–Crippen LogP) is 4.01. The van der Waals surface area contributed by atoms with Crippen LogP contribution in [0.5, 0.6) is 5.75 Å². The molecule has 2 unspecified atom stereocenters. The summed E-state index contributed by atoms with van der Waals surface area (Å²) in [5.41, 5.74) is 1.69. The first-order chi connectivity index (χ1) is 12.9. The summed E-state index contributed by atoms with van der Waals surface area (Å²) < 4.78 is 5.15. The fraction of sp³-hybridized carbons (Fsp3) is 0.333. The largest absolute Gasteiger partial charge is 0.497 e. The van der Waals surface area contributed by atoms with Crippen LogP contribution in [0.3, 0.4) is 0 Å². The SMILES string of the molecule is COc1ccc(CCC(C)NC(=O)c2ccccc2SC(C)C(=O)O)cc1. The summed E-state index contributed by atoms with van der Waals surface area (Å²) >= 11 is 1.18. The van der Waals surface area contributed by atoms with Gasteiger partial charge in [0.2, 0.25) is 0 Å². The Hall–Kier alpha value is -2.47. The van der Waals surface area contributed by atoms with E-state index in [0.717, 1.165) is 18.6 Å². The molecule has 0 saturated carbocycles. The number of carboxylic acid groups (broad SMARTS) is 1. The molecule has 0 aromatic heterocycles. The lowest BCUT2D eigenvalue weighted by Crippen LogP contribution is -2.33. The molecule has 0 bridgehead atoms. The fourth-order valence-electron chi connectivity index (χ4n) is 2.55. The van der Waals surface area contributed by atoms with Crippen molar-refractivity contribution in [1.29, 1.82) is 0 Å². The van der Waals surface area contributed by atoms with Gasteiger partial charge < -0.3 is 15.2 Å². The number of methoxy groups -OCH3 is 1. The summed E-state index contributed by atoms with van der Waals surface area (Å²) in [5, 5.41) is 11.5. The van der Waals surface area contributed by atoms with Crippen molar-refractivity contribution in [2.45, 2.75) is 42.9 Å². The molecule has 0 heterocycles. The first-order valence-corrected chi connectivity index (χ1v) is 9.71. The van der Waals surface area contributed by atoms with Crippen molar-refractivity contribution < 1.29 is 19.4 Å². The molecule has 2 atom stereocenters. The normalized spacial score (nSPS) is 12.9. The second kappa shape index (κ2) is 10.0. The number of carboxylic acids is 1. The molecule has 0 aliphatic carbocycles. The zero-order valence-corrected chi connectivity index (χ0v) is 16.6. The smallest absolute Gasteiger partial charge is 0.316 e. The predicted molar refractivity (Wildman–Crippen MR) is 108 cm³/mol. The van der Waals surface area contributed by atoms with Gasteiger partial charge in [-0.1, -0.05) is 24.3 Å². The molecule has 1 amide bonds. The van der Waals surface area contributed by atoms with Crippen molar-refractivity contribution in [2.75, 3.05) is 7.11 Å². The third-order valence-corrected chi connectivity index (χ3v) is 5.35. The standard InChI is InChI=1S/C21H25NO4S/c1-14(8-9-16-10-12-17(26-3)13-11-16)22-20(23)18-6-4-5-7-19(18)27-15(2)21(24)25/h4-7,10-15H,8-9H2,1-3H3,(H,22,23)(H,24,25). The van der Waals surface area contributed by atoms with E-state index >= 15 is 0 Å². The van der Waals surface area contributed by atoms with Gasteiger partial charge in [0.25, 0.3) is 5.91 Å². The number of amides is 1. The summed E-state index contributed by atoms with van der Waals surface area (Å²) in [5.74, 6) is -0.259. The zero-order valence-electron chi connectivity index (χ0n) is 15.8. The van der Waals surface area contributed by atoms with E-state index in [2.05, 4.69) is 5.32 Å². The van der Waals surface area contributed by atoms with E-state index in [1.54, 1.807) is 38.3 Å². The number of ether oxygens (including phenoxy) is 1. The van der Waals surface area contributed by atoms with Gasteiger partial charge in [-0.2, -0.15) is 0 Å². The van der Waals surface area contributed by atoms with E-state index in [0.29, 0.717) is 10.5 Å². The average molecular weight is 388 g/mol. The summed E-state index contributed by atoms with van der Waals surface area (Å²) in [6, 6.07) is 15.0. The van der Waals surface area contributed by atoms with Gasteiger partial charge in [-0.3, -0.25) is 9.59 Å². The Kier molecular flexibility index (Phi) is 7.73. The number of hydrogen-bond donors (Lipinski definition) is 2. The van der Waals surface area contributed by atoms with Crippen LogP contribution in [0, 0.1) is 0 Å². The topological polar surface area (TPSA) is 75.6 Å². The number of benzene rings is 2. The van der Waals surface area contributed by atoms with E-state index < -0.39 is 11.2 Å². The maximum atomic E-state index is 12.6. The number of nitrogens with one attached hydrogen (secondary N) is 1. The Labute approximate surface area is 164 Å². The highest BCUT2D eigenvalue weighted by Gasteiger charge is 2.18. The molecule has 0 fully saturated rings. The number of thioether (sulfide) groups is 1. The van der Waals surface area contributed by atoms with Gasteiger partial charge in [0.1, 0.15) is 11.0 Å². The van der Waals surface area contributed by atoms with Gasteiger partial charge in [0.05, 0.1) is 12.7 Å². The van der Waals surface area contributed by atoms with Crippen LogP contribution in [0.15, 0.2) is 53.4 Å². The van der Waals surface area contributed by atoms with Crippen molar-refractivity contribution in [3.05, 3.63) is 59.7 Å². The van der Waals surface area contributed by atoms with Gasteiger partial charge in [-0.15, -0.1) is 11.8 Å². The number of rotatable bonds is 9. The maximum Gasteiger partial charge on any atom is 0.316 e. The minimum absolute atomic E-state index is 0.00504. The average Bonchev–Trinajstić information content (AvgIpc) is 2.67. The Balaban J connectivity index is 1.94. The van der Waals surface area contributed by atoms with Gasteiger partial charge in [0.15, 0.2) is 0 Å². The van der Waals surface area contributed by atoms with Crippen LogP contribution in [0.25, 0.3) is 0 Å². The Morgan fingerprint density at radius 1 is 1.11 bits per heavy atom. The van der Waals surface area contributed by atoms with Crippen LogP contribution in [0.4, 0.5) is 0 Å². The van der Waals surface area contributed by atoms with Crippen molar-refractivity contribution in [3.63, 3.8) is 0 Å². The number of carbonyl (C=O) groups is 2. The van der Waals surface area contributed by atoms with Crippen molar-refractivity contribution in [3.8, 4) is 5.75 Å². The van der Waals surface area contributed by atoms with Crippen LogP contribution < -0.4 is 10.1 Å². The molecule has 0 saturated heterocycles. The van der Waals surface area contributed by atoms with Crippen LogP contribution >= 0.6 is 11.8 Å². The van der Waals surface area contributed by atoms with Crippen LogP contribution in [0.2, 0.25) is 0 Å². The van der Waals surface area contributed by atoms with Crippen molar-refractivity contribution in [2.24, 2.45) is 0 Å². The highest BCUT2D eigenvalue weighted by molar-refractivity contribution is 8.00.